The molecule has 1 N–H and O–H groups in total. The molecule has 0 aliphatic heterocycles. The van der Waals surface area contributed by atoms with Crippen LogP contribution in [-0.4, -0.2) is 37.8 Å². The van der Waals surface area contributed by atoms with E-state index in [2.05, 4.69) is 4.74 Å². The van der Waals surface area contributed by atoms with Crippen LogP contribution in [0.4, 0.5) is 13.2 Å². The number of carbonyl (C=O) groups is 2. The Hall–Kier alpha value is -3.23. The quantitative estimate of drug-likeness (QED) is 0.659. The summed E-state index contributed by atoms with van der Waals surface area (Å²) in [4.78, 5) is 22.6. The van der Waals surface area contributed by atoms with Gasteiger partial charge in [0.1, 0.15) is 24.7 Å². The van der Waals surface area contributed by atoms with Gasteiger partial charge >= 0.3 is 12.1 Å². The molecule has 0 aliphatic carbocycles. The van der Waals surface area contributed by atoms with Crippen LogP contribution in [0.2, 0.25) is 0 Å². The number of hydrogen-bond donors (Lipinski definition) is 1. The van der Waals surface area contributed by atoms with Crippen molar-refractivity contribution in [1.82, 2.24) is 5.32 Å². The molecule has 0 aliphatic rings. The first-order valence-electron chi connectivity index (χ1n) is 8.20. The number of halogens is 3. The molecule has 9 heteroatoms. The van der Waals surface area contributed by atoms with E-state index in [1.807, 2.05) is 30.3 Å². The zero-order valence-corrected chi connectivity index (χ0v) is 14.7. The molecule has 0 saturated carbocycles. The van der Waals surface area contributed by atoms with Crippen LogP contribution in [0.3, 0.4) is 0 Å². The van der Waals surface area contributed by atoms with Gasteiger partial charge in [0.05, 0.1) is 0 Å². The maximum absolute atomic E-state index is 11.9. The summed E-state index contributed by atoms with van der Waals surface area (Å²) in [6.45, 7) is -2.39. The number of carbonyl (C=O) groups excluding carboxylic acids is 2. The van der Waals surface area contributed by atoms with Crippen molar-refractivity contribution in [1.29, 1.82) is 0 Å². The Kier molecular flexibility index (Phi) is 7.67. The van der Waals surface area contributed by atoms with Gasteiger partial charge in [-0.15, -0.1) is 0 Å². The smallest absolute Gasteiger partial charge is 0.405 e. The number of nitrogens with one attached hydrogen (secondary N) is 1. The summed E-state index contributed by atoms with van der Waals surface area (Å²) in [5.41, 5.74) is 1.02. The number of hydrogen-bond acceptors (Lipinski definition) is 5. The van der Waals surface area contributed by atoms with Gasteiger partial charge in [-0.1, -0.05) is 30.3 Å². The molecule has 0 spiro atoms. The first-order valence-corrected chi connectivity index (χ1v) is 8.20. The van der Waals surface area contributed by atoms with Gasteiger partial charge in [-0.3, -0.25) is 4.79 Å². The van der Waals surface area contributed by atoms with Gasteiger partial charge in [0, 0.05) is 0 Å². The highest BCUT2D eigenvalue weighted by molar-refractivity contribution is 5.80. The van der Waals surface area contributed by atoms with E-state index >= 15 is 0 Å². The molecule has 2 aromatic rings. The molecule has 2 rings (SSSR count). The Morgan fingerprint density at radius 1 is 0.857 bits per heavy atom. The fraction of sp³-hybridized carbons (Fsp3) is 0.263. The fourth-order valence-electron chi connectivity index (χ4n) is 1.95. The molecule has 0 bridgehead atoms. The van der Waals surface area contributed by atoms with Crippen molar-refractivity contribution in [2.75, 3.05) is 19.8 Å². The van der Waals surface area contributed by atoms with Crippen LogP contribution in [0.5, 0.6) is 11.5 Å². The highest BCUT2D eigenvalue weighted by Crippen LogP contribution is 2.18. The van der Waals surface area contributed by atoms with Gasteiger partial charge in [0.15, 0.2) is 13.2 Å². The van der Waals surface area contributed by atoms with Crippen LogP contribution in [0, 0.1) is 0 Å². The molecule has 0 heterocycles. The maximum Gasteiger partial charge on any atom is 0.405 e. The number of rotatable bonds is 9. The number of amides is 1. The molecule has 150 valence electrons. The molecule has 0 fully saturated rings. The lowest BCUT2D eigenvalue weighted by molar-refractivity contribution is -0.152. The molecule has 6 nitrogen and oxygen atoms in total. The third-order valence-corrected chi connectivity index (χ3v) is 3.28. The zero-order valence-electron chi connectivity index (χ0n) is 14.7. The van der Waals surface area contributed by atoms with Crippen LogP contribution in [0.25, 0.3) is 0 Å². The minimum Gasteiger partial charge on any atom is -0.489 e. The van der Waals surface area contributed by atoms with E-state index in [9.17, 15) is 22.8 Å². The molecule has 1 amide bonds. The van der Waals surface area contributed by atoms with Crippen molar-refractivity contribution in [3.05, 3.63) is 60.2 Å². The van der Waals surface area contributed by atoms with Crippen molar-refractivity contribution in [3.8, 4) is 11.5 Å². The summed E-state index contributed by atoms with van der Waals surface area (Å²) < 4.78 is 51.1. The van der Waals surface area contributed by atoms with Gasteiger partial charge in [0.2, 0.25) is 0 Å². The lowest BCUT2D eigenvalue weighted by Crippen LogP contribution is -2.36. The Morgan fingerprint density at radius 3 is 2.07 bits per heavy atom. The number of alkyl halides is 3. The minimum absolute atomic E-state index is 0.366. The van der Waals surface area contributed by atoms with Gasteiger partial charge in [0.25, 0.3) is 5.91 Å². The summed E-state index contributed by atoms with van der Waals surface area (Å²) in [5, 5.41) is 1.59. The Balaban J connectivity index is 1.66. The van der Waals surface area contributed by atoms with E-state index in [1.165, 1.54) is 0 Å². The Morgan fingerprint density at radius 2 is 1.46 bits per heavy atom. The first-order chi connectivity index (χ1) is 13.3. The van der Waals surface area contributed by atoms with E-state index in [0.29, 0.717) is 18.1 Å². The van der Waals surface area contributed by atoms with E-state index < -0.39 is 37.8 Å². The van der Waals surface area contributed by atoms with Gasteiger partial charge in [-0.05, 0) is 29.8 Å². The average Bonchev–Trinajstić information content (AvgIpc) is 2.68. The van der Waals surface area contributed by atoms with Gasteiger partial charge in [-0.25, -0.2) is 4.79 Å². The Bertz CT molecular complexity index is 763. The molecule has 0 atom stereocenters. The minimum atomic E-state index is -4.53. The molecule has 0 aromatic heterocycles. The molecular formula is C19H18F3NO5. The summed E-state index contributed by atoms with van der Waals surface area (Å²) in [6.07, 6.45) is -4.53. The Labute approximate surface area is 159 Å². The van der Waals surface area contributed by atoms with E-state index in [4.69, 9.17) is 9.47 Å². The van der Waals surface area contributed by atoms with Crippen molar-refractivity contribution >= 4 is 11.9 Å². The van der Waals surface area contributed by atoms with Crippen molar-refractivity contribution in [2.24, 2.45) is 0 Å². The van der Waals surface area contributed by atoms with Crippen LogP contribution >= 0.6 is 0 Å². The average molecular weight is 397 g/mol. The predicted molar refractivity (Wildman–Crippen MR) is 92.7 cm³/mol. The van der Waals surface area contributed by atoms with E-state index in [0.717, 1.165) is 5.56 Å². The molecule has 2 aromatic carbocycles. The number of ether oxygens (including phenoxy) is 3. The summed E-state index contributed by atoms with van der Waals surface area (Å²) >= 11 is 0. The predicted octanol–water partition coefficient (Wildman–Crippen LogP) is 2.87. The largest absolute Gasteiger partial charge is 0.489 e. The zero-order chi connectivity index (χ0) is 20.4. The maximum atomic E-state index is 11.9. The topological polar surface area (TPSA) is 73.9 Å². The molecule has 0 radical (unpaired) electrons. The highest BCUT2D eigenvalue weighted by Gasteiger charge is 2.27. The van der Waals surface area contributed by atoms with E-state index in [1.54, 1.807) is 29.6 Å². The second-order valence-electron chi connectivity index (χ2n) is 5.59. The van der Waals surface area contributed by atoms with Gasteiger partial charge in [-0.2, -0.15) is 13.2 Å². The van der Waals surface area contributed by atoms with Crippen molar-refractivity contribution < 1.29 is 37.0 Å². The molecule has 28 heavy (non-hydrogen) atoms. The summed E-state index contributed by atoms with van der Waals surface area (Å²) in [7, 11) is 0. The standard InChI is InChI=1S/C19H18F3NO5/c20-19(21,22)13-23-17(24)11-28-18(25)12-27-16-8-6-15(7-9-16)26-10-14-4-2-1-3-5-14/h1-9H,10-13H2,(H,23,24). The lowest BCUT2D eigenvalue weighted by atomic mass is 10.2. The monoisotopic (exact) mass is 397 g/mol. The third-order valence-electron chi connectivity index (χ3n) is 3.28. The lowest BCUT2D eigenvalue weighted by Gasteiger charge is -2.10. The number of esters is 1. The van der Waals surface area contributed by atoms with Crippen LogP contribution < -0.4 is 14.8 Å². The molecular weight excluding hydrogens is 379 g/mol. The number of benzene rings is 2. The van der Waals surface area contributed by atoms with Crippen LogP contribution in [-0.2, 0) is 20.9 Å². The van der Waals surface area contributed by atoms with Crippen molar-refractivity contribution in [3.63, 3.8) is 0 Å². The normalized spacial score (nSPS) is 10.8. The second kappa shape index (κ2) is 10.2. The van der Waals surface area contributed by atoms with Crippen LogP contribution in [0.1, 0.15) is 5.56 Å². The summed E-state index contributed by atoms with van der Waals surface area (Å²) in [6, 6.07) is 16.1. The summed E-state index contributed by atoms with van der Waals surface area (Å²) in [5.74, 6) is -0.956. The fourth-order valence-corrected chi connectivity index (χ4v) is 1.95. The van der Waals surface area contributed by atoms with E-state index in [-0.39, 0.29) is 0 Å². The molecule has 0 unspecified atom stereocenters. The first kappa shape index (κ1) is 21.1. The molecule has 0 saturated heterocycles. The highest BCUT2D eigenvalue weighted by atomic mass is 19.4. The van der Waals surface area contributed by atoms with Crippen LogP contribution in [0.15, 0.2) is 54.6 Å². The third kappa shape index (κ3) is 8.43. The van der Waals surface area contributed by atoms with Gasteiger partial charge < -0.3 is 19.5 Å². The van der Waals surface area contributed by atoms with Crippen molar-refractivity contribution in [2.45, 2.75) is 12.8 Å². The SMILES string of the molecule is O=C(COC(=O)COc1ccc(OCc2ccccc2)cc1)NCC(F)(F)F. The second-order valence-corrected chi connectivity index (χ2v) is 5.59.